The number of guanidine groups is 1. The van der Waals surface area contributed by atoms with E-state index in [0.717, 1.165) is 23.4 Å². The molecule has 0 unspecified atom stereocenters. The lowest BCUT2D eigenvalue weighted by Gasteiger charge is -2.21. The van der Waals surface area contributed by atoms with Crippen molar-refractivity contribution in [2.24, 2.45) is 4.99 Å². The number of aromatic nitrogens is 2. The molecule has 2 aromatic rings. The van der Waals surface area contributed by atoms with Crippen LogP contribution in [-0.4, -0.2) is 47.1 Å². The molecule has 0 saturated heterocycles. The molecule has 0 aliphatic carbocycles. The van der Waals surface area contributed by atoms with Crippen molar-refractivity contribution in [3.05, 3.63) is 30.1 Å². The van der Waals surface area contributed by atoms with E-state index in [4.69, 9.17) is 0 Å². The largest absolute Gasteiger partial charge is 0.355 e. The van der Waals surface area contributed by atoms with Crippen molar-refractivity contribution in [3.8, 4) is 0 Å². The minimum atomic E-state index is -0.240. The van der Waals surface area contributed by atoms with Crippen molar-refractivity contribution in [2.75, 3.05) is 20.1 Å². The number of nitrogens with one attached hydrogen (secondary N) is 3. The SMILES string of the molecule is CN=C(NCCn1c(C)nc2ccccc21)NCC(=O)NC(C)(C)C.I. The Bertz CT molecular complexity index is 763. The molecular weight excluding hydrogens is 443 g/mol. The van der Waals surface area contributed by atoms with Gasteiger partial charge in [0.05, 0.1) is 17.6 Å². The highest BCUT2D eigenvalue weighted by Gasteiger charge is 2.13. The number of aryl methyl sites for hydroxylation is 1. The molecule has 0 radical (unpaired) electrons. The smallest absolute Gasteiger partial charge is 0.239 e. The summed E-state index contributed by atoms with van der Waals surface area (Å²) in [5.41, 5.74) is 1.88. The first-order valence-corrected chi connectivity index (χ1v) is 8.47. The lowest BCUT2D eigenvalue weighted by Crippen LogP contribution is -2.48. The van der Waals surface area contributed by atoms with Gasteiger partial charge in [0, 0.05) is 25.7 Å². The first-order chi connectivity index (χ1) is 11.8. The van der Waals surface area contributed by atoms with Crippen LogP contribution in [0.2, 0.25) is 0 Å². The van der Waals surface area contributed by atoms with E-state index in [0.29, 0.717) is 12.5 Å². The Morgan fingerprint density at radius 2 is 1.92 bits per heavy atom. The Kier molecular flexibility index (Phi) is 8.32. The molecule has 1 heterocycles. The number of carbonyl (C=O) groups is 1. The number of imidazole rings is 1. The number of hydrogen-bond acceptors (Lipinski definition) is 3. The number of para-hydroxylation sites is 2. The van der Waals surface area contributed by atoms with E-state index < -0.39 is 0 Å². The average molecular weight is 472 g/mol. The Morgan fingerprint density at radius 1 is 1.23 bits per heavy atom. The third kappa shape index (κ3) is 6.47. The van der Waals surface area contributed by atoms with Crippen LogP contribution in [0.25, 0.3) is 11.0 Å². The molecule has 7 nitrogen and oxygen atoms in total. The van der Waals surface area contributed by atoms with Gasteiger partial charge in [-0.3, -0.25) is 9.79 Å². The van der Waals surface area contributed by atoms with Crippen molar-refractivity contribution in [3.63, 3.8) is 0 Å². The summed E-state index contributed by atoms with van der Waals surface area (Å²) in [5.74, 6) is 1.52. The number of halogens is 1. The van der Waals surface area contributed by atoms with Crippen LogP contribution in [-0.2, 0) is 11.3 Å². The Morgan fingerprint density at radius 3 is 2.58 bits per heavy atom. The van der Waals surface area contributed by atoms with Crippen LogP contribution in [0.4, 0.5) is 0 Å². The molecule has 8 heteroatoms. The van der Waals surface area contributed by atoms with Crippen molar-refractivity contribution >= 4 is 46.9 Å². The summed E-state index contributed by atoms with van der Waals surface area (Å²) in [4.78, 5) is 20.6. The number of rotatable bonds is 5. The third-order valence-corrected chi connectivity index (χ3v) is 3.63. The van der Waals surface area contributed by atoms with Crippen LogP contribution in [0.3, 0.4) is 0 Å². The third-order valence-electron chi connectivity index (χ3n) is 3.63. The van der Waals surface area contributed by atoms with Crippen LogP contribution < -0.4 is 16.0 Å². The molecule has 0 saturated carbocycles. The number of benzene rings is 1. The monoisotopic (exact) mass is 472 g/mol. The Hall–Kier alpha value is -1.84. The summed E-state index contributed by atoms with van der Waals surface area (Å²) in [6.45, 7) is 9.50. The zero-order chi connectivity index (χ0) is 18.4. The number of amides is 1. The number of aliphatic imine (C=N–C) groups is 1. The van der Waals surface area contributed by atoms with Gasteiger partial charge in [-0.25, -0.2) is 4.98 Å². The van der Waals surface area contributed by atoms with Gasteiger partial charge in [0.2, 0.25) is 5.91 Å². The summed E-state index contributed by atoms with van der Waals surface area (Å²) in [6.07, 6.45) is 0. The van der Waals surface area contributed by atoms with Gasteiger partial charge in [-0.15, -0.1) is 24.0 Å². The quantitative estimate of drug-likeness (QED) is 0.354. The zero-order valence-electron chi connectivity index (χ0n) is 16.1. The molecular formula is C18H29IN6O. The van der Waals surface area contributed by atoms with Gasteiger partial charge < -0.3 is 20.5 Å². The van der Waals surface area contributed by atoms with Crippen molar-refractivity contribution < 1.29 is 4.79 Å². The van der Waals surface area contributed by atoms with E-state index in [1.54, 1.807) is 7.05 Å². The maximum atomic E-state index is 11.9. The van der Waals surface area contributed by atoms with Crippen LogP contribution in [0.5, 0.6) is 0 Å². The Balaban J connectivity index is 0.00000338. The molecule has 0 aliphatic rings. The van der Waals surface area contributed by atoms with Gasteiger partial charge in [-0.1, -0.05) is 12.1 Å². The predicted octanol–water partition coefficient (Wildman–Crippen LogP) is 2.04. The van der Waals surface area contributed by atoms with Crippen LogP contribution in [0.1, 0.15) is 26.6 Å². The first-order valence-electron chi connectivity index (χ1n) is 8.47. The molecule has 0 bridgehead atoms. The van der Waals surface area contributed by atoms with Gasteiger partial charge in [0.15, 0.2) is 5.96 Å². The summed E-state index contributed by atoms with van der Waals surface area (Å²) in [5, 5.41) is 9.16. The summed E-state index contributed by atoms with van der Waals surface area (Å²) in [6, 6.07) is 8.09. The Labute approximate surface area is 172 Å². The zero-order valence-corrected chi connectivity index (χ0v) is 18.4. The molecule has 2 rings (SSSR count). The van der Waals surface area contributed by atoms with Crippen LogP contribution in [0.15, 0.2) is 29.3 Å². The average Bonchev–Trinajstić information content (AvgIpc) is 2.84. The highest BCUT2D eigenvalue weighted by Crippen LogP contribution is 2.14. The maximum absolute atomic E-state index is 11.9. The minimum absolute atomic E-state index is 0. The second kappa shape index (κ2) is 9.75. The van der Waals surface area contributed by atoms with Crippen molar-refractivity contribution in [1.29, 1.82) is 0 Å². The van der Waals surface area contributed by atoms with E-state index in [2.05, 4.69) is 36.6 Å². The molecule has 0 atom stereocenters. The van der Waals surface area contributed by atoms with Crippen LogP contribution >= 0.6 is 24.0 Å². The van der Waals surface area contributed by atoms with Gasteiger partial charge in [0.1, 0.15) is 5.82 Å². The molecule has 144 valence electrons. The second-order valence-electron chi connectivity index (χ2n) is 6.95. The lowest BCUT2D eigenvalue weighted by atomic mass is 10.1. The van der Waals surface area contributed by atoms with Gasteiger partial charge in [-0.2, -0.15) is 0 Å². The molecule has 1 aromatic carbocycles. The number of nitrogens with zero attached hydrogens (tertiary/aromatic N) is 3. The van der Waals surface area contributed by atoms with E-state index >= 15 is 0 Å². The molecule has 0 fully saturated rings. The topological polar surface area (TPSA) is 83.3 Å². The van der Waals surface area contributed by atoms with E-state index in [1.165, 1.54) is 0 Å². The second-order valence-corrected chi connectivity index (χ2v) is 6.95. The highest BCUT2D eigenvalue weighted by atomic mass is 127. The molecule has 1 amide bonds. The minimum Gasteiger partial charge on any atom is -0.355 e. The van der Waals surface area contributed by atoms with Gasteiger partial charge in [0.25, 0.3) is 0 Å². The highest BCUT2D eigenvalue weighted by molar-refractivity contribution is 14.0. The number of carbonyl (C=O) groups excluding carboxylic acids is 1. The van der Waals surface area contributed by atoms with E-state index in [-0.39, 0.29) is 42.0 Å². The normalized spacial score (nSPS) is 11.8. The number of fused-ring (bicyclic) bond motifs is 1. The van der Waals surface area contributed by atoms with Gasteiger partial charge in [-0.05, 0) is 39.8 Å². The van der Waals surface area contributed by atoms with E-state index in [9.17, 15) is 4.79 Å². The number of hydrogen-bond donors (Lipinski definition) is 3. The standard InChI is InChI=1S/C18H28N6O.HI/c1-13-22-14-8-6-7-9-15(14)24(13)11-10-20-17(19-5)21-12-16(25)23-18(2,3)4;/h6-9H,10-12H2,1-5H3,(H,23,25)(H2,19,20,21);1H. The molecule has 0 aliphatic heterocycles. The fraction of sp³-hybridized carbons (Fsp3) is 0.500. The van der Waals surface area contributed by atoms with Crippen molar-refractivity contribution in [1.82, 2.24) is 25.5 Å². The first kappa shape index (κ1) is 22.2. The summed E-state index contributed by atoms with van der Waals surface area (Å²) < 4.78 is 2.17. The molecule has 3 N–H and O–H groups in total. The fourth-order valence-electron chi connectivity index (χ4n) is 2.61. The molecule has 1 aromatic heterocycles. The van der Waals surface area contributed by atoms with Gasteiger partial charge >= 0.3 is 0 Å². The lowest BCUT2D eigenvalue weighted by molar-refractivity contribution is -0.121. The van der Waals surface area contributed by atoms with Crippen molar-refractivity contribution in [2.45, 2.75) is 39.8 Å². The van der Waals surface area contributed by atoms with Crippen LogP contribution in [0, 0.1) is 6.92 Å². The summed E-state index contributed by atoms with van der Waals surface area (Å²) in [7, 11) is 1.69. The summed E-state index contributed by atoms with van der Waals surface area (Å²) >= 11 is 0. The fourth-order valence-corrected chi connectivity index (χ4v) is 2.61. The predicted molar refractivity (Wildman–Crippen MR) is 117 cm³/mol. The van der Waals surface area contributed by atoms with E-state index in [1.807, 2.05) is 45.9 Å². The molecule has 0 spiro atoms. The molecule has 26 heavy (non-hydrogen) atoms. The maximum Gasteiger partial charge on any atom is 0.239 e.